The monoisotopic (exact) mass is 275 g/mol. The van der Waals surface area contributed by atoms with Gasteiger partial charge in [0, 0.05) is 23.6 Å². The van der Waals surface area contributed by atoms with Crippen molar-refractivity contribution in [1.29, 1.82) is 0 Å². The quantitative estimate of drug-likeness (QED) is 0.508. The first kappa shape index (κ1) is 11.9. The molecule has 82 valence electrons. The summed E-state index contributed by atoms with van der Waals surface area (Å²) in [6.45, 7) is 0.267. The van der Waals surface area contributed by atoms with Gasteiger partial charge in [-0.1, -0.05) is 15.9 Å². The lowest BCUT2D eigenvalue weighted by atomic mass is 10.3. The molecule has 0 aliphatic carbocycles. The third-order valence-corrected chi connectivity index (χ3v) is 2.17. The fraction of sp³-hybridized carbons (Fsp3) is 0.333. The topological polar surface area (TPSA) is 72.6 Å². The number of ether oxygens (including phenoxy) is 1. The second kappa shape index (κ2) is 5.67. The van der Waals surface area contributed by atoms with Gasteiger partial charge in [-0.3, -0.25) is 10.1 Å². The van der Waals surface area contributed by atoms with E-state index in [0.29, 0.717) is 10.9 Å². The predicted octanol–water partition coefficient (Wildman–Crippen LogP) is 2.12. The highest BCUT2D eigenvalue weighted by Gasteiger charge is 2.14. The van der Waals surface area contributed by atoms with Gasteiger partial charge < -0.3 is 9.84 Å². The molecule has 1 aromatic rings. The summed E-state index contributed by atoms with van der Waals surface area (Å²) in [5.74, 6) is 0.219. The summed E-state index contributed by atoms with van der Waals surface area (Å²) >= 11 is 3.15. The van der Waals surface area contributed by atoms with E-state index >= 15 is 0 Å². The van der Waals surface area contributed by atoms with Gasteiger partial charge in [0.25, 0.3) is 0 Å². The van der Waals surface area contributed by atoms with E-state index < -0.39 is 4.92 Å². The fourth-order valence-corrected chi connectivity index (χ4v) is 1.35. The molecular formula is C9H10BrNO4. The van der Waals surface area contributed by atoms with E-state index in [1.165, 1.54) is 12.1 Å². The van der Waals surface area contributed by atoms with Gasteiger partial charge in [-0.25, -0.2) is 0 Å². The van der Waals surface area contributed by atoms with Gasteiger partial charge in [-0.15, -0.1) is 0 Å². The molecule has 0 atom stereocenters. The molecule has 5 nitrogen and oxygen atoms in total. The maximum atomic E-state index is 10.7. The van der Waals surface area contributed by atoms with Crippen LogP contribution < -0.4 is 4.74 Å². The number of rotatable bonds is 5. The number of halogens is 1. The van der Waals surface area contributed by atoms with Crippen LogP contribution in [-0.4, -0.2) is 23.2 Å². The van der Waals surface area contributed by atoms with Crippen molar-refractivity contribution in [2.75, 3.05) is 13.2 Å². The molecule has 0 saturated carbocycles. The van der Waals surface area contributed by atoms with E-state index in [-0.39, 0.29) is 24.7 Å². The van der Waals surface area contributed by atoms with Crippen LogP contribution in [0.25, 0.3) is 0 Å². The molecule has 1 N–H and O–H groups in total. The normalized spacial score (nSPS) is 10.0. The van der Waals surface area contributed by atoms with Crippen molar-refractivity contribution in [2.45, 2.75) is 6.42 Å². The molecule has 0 aromatic heterocycles. The SMILES string of the molecule is O=[N+]([O-])c1cc(Br)ccc1OCCCO. The van der Waals surface area contributed by atoms with Crippen molar-refractivity contribution < 1.29 is 14.8 Å². The Morgan fingerprint density at radius 2 is 2.27 bits per heavy atom. The second-order valence-corrected chi connectivity index (χ2v) is 3.71. The lowest BCUT2D eigenvalue weighted by molar-refractivity contribution is -0.385. The Morgan fingerprint density at radius 3 is 2.87 bits per heavy atom. The summed E-state index contributed by atoms with van der Waals surface area (Å²) in [6.07, 6.45) is 0.452. The maximum Gasteiger partial charge on any atom is 0.312 e. The second-order valence-electron chi connectivity index (χ2n) is 2.79. The van der Waals surface area contributed by atoms with Gasteiger partial charge in [0.1, 0.15) is 0 Å². The van der Waals surface area contributed by atoms with Crippen molar-refractivity contribution in [2.24, 2.45) is 0 Å². The number of nitrogens with zero attached hydrogens (tertiary/aromatic N) is 1. The largest absolute Gasteiger partial charge is 0.487 e. The van der Waals surface area contributed by atoms with Crippen LogP contribution >= 0.6 is 15.9 Å². The summed E-state index contributed by atoms with van der Waals surface area (Å²) in [6, 6.07) is 4.58. The van der Waals surface area contributed by atoms with Crippen molar-refractivity contribution in [3.05, 3.63) is 32.8 Å². The first-order valence-electron chi connectivity index (χ1n) is 4.32. The smallest absolute Gasteiger partial charge is 0.312 e. The van der Waals surface area contributed by atoms with Crippen molar-refractivity contribution in [1.82, 2.24) is 0 Å². The summed E-state index contributed by atoms with van der Waals surface area (Å²) in [7, 11) is 0. The number of hydrogen-bond donors (Lipinski definition) is 1. The Bertz CT molecular complexity index is 356. The van der Waals surface area contributed by atoms with Crippen LogP contribution in [0, 0.1) is 10.1 Å². The number of hydrogen-bond acceptors (Lipinski definition) is 4. The number of aliphatic hydroxyl groups excluding tert-OH is 1. The lowest BCUT2D eigenvalue weighted by Crippen LogP contribution is -2.02. The predicted molar refractivity (Wildman–Crippen MR) is 58.0 cm³/mol. The average Bonchev–Trinajstić information content (AvgIpc) is 2.20. The lowest BCUT2D eigenvalue weighted by Gasteiger charge is -2.05. The van der Waals surface area contributed by atoms with Gasteiger partial charge in [-0.05, 0) is 12.1 Å². The van der Waals surface area contributed by atoms with Crippen LogP contribution in [0.3, 0.4) is 0 Å². The molecule has 0 heterocycles. The highest BCUT2D eigenvalue weighted by molar-refractivity contribution is 9.10. The Labute approximate surface area is 95.0 Å². The summed E-state index contributed by atoms with van der Waals surface area (Å²) < 4.78 is 5.80. The van der Waals surface area contributed by atoms with E-state index in [1.807, 2.05) is 0 Å². The van der Waals surface area contributed by atoms with Crippen molar-refractivity contribution in [3.8, 4) is 5.75 Å². The van der Waals surface area contributed by atoms with Gasteiger partial charge in [0.15, 0.2) is 5.75 Å². The minimum atomic E-state index is -0.501. The standard InChI is InChI=1S/C9H10BrNO4/c10-7-2-3-9(15-5-1-4-12)8(6-7)11(13)14/h2-3,6,12H,1,4-5H2. The van der Waals surface area contributed by atoms with Gasteiger partial charge >= 0.3 is 5.69 Å². The molecule has 1 aromatic carbocycles. The molecular weight excluding hydrogens is 266 g/mol. The van der Waals surface area contributed by atoms with Gasteiger partial charge in [0.2, 0.25) is 0 Å². The Morgan fingerprint density at radius 1 is 1.53 bits per heavy atom. The fourth-order valence-electron chi connectivity index (χ4n) is 1.00. The summed E-state index contributed by atoms with van der Waals surface area (Å²) in [5, 5.41) is 19.2. The highest BCUT2D eigenvalue weighted by Crippen LogP contribution is 2.29. The third-order valence-electron chi connectivity index (χ3n) is 1.68. The molecule has 0 fully saturated rings. The van der Waals surface area contributed by atoms with E-state index in [4.69, 9.17) is 9.84 Å². The first-order chi connectivity index (χ1) is 7.15. The molecule has 15 heavy (non-hydrogen) atoms. The zero-order chi connectivity index (χ0) is 11.3. The Hall–Kier alpha value is -1.14. The van der Waals surface area contributed by atoms with E-state index in [1.54, 1.807) is 6.07 Å². The molecule has 0 spiro atoms. The van der Waals surface area contributed by atoms with Crippen LogP contribution in [0.1, 0.15) is 6.42 Å². The average molecular weight is 276 g/mol. The van der Waals surface area contributed by atoms with Crippen LogP contribution in [-0.2, 0) is 0 Å². The van der Waals surface area contributed by atoms with E-state index in [9.17, 15) is 10.1 Å². The molecule has 6 heteroatoms. The molecule has 0 radical (unpaired) electrons. The molecule has 0 saturated heterocycles. The highest BCUT2D eigenvalue weighted by atomic mass is 79.9. The van der Waals surface area contributed by atoms with E-state index in [0.717, 1.165) is 0 Å². The third kappa shape index (κ3) is 3.49. The number of nitro groups is 1. The Kier molecular flexibility index (Phi) is 4.51. The van der Waals surface area contributed by atoms with Crippen LogP contribution in [0.4, 0.5) is 5.69 Å². The van der Waals surface area contributed by atoms with Gasteiger partial charge in [-0.2, -0.15) is 0 Å². The van der Waals surface area contributed by atoms with Crippen LogP contribution in [0.15, 0.2) is 22.7 Å². The van der Waals surface area contributed by atoms with Crippen LogP contribution in [0.5, 0.6) is 5.75 Å². The van der Waals surface area contributed by atoms with Crippen molar-refractivity contribution >= 4 is 21.6 Å². The minimum absolute atomic E-state index is 0.00429. The first-order valence-corrected chi connectivity index (χ1v) is 5.12. The Balaban J connectivity index is 2.81. The molecule has 0 amide bonds. The molecule has 0 bridgehead atoms. The minimum Gasteiger partial charge on any atom is -0.487 e. The molecule has 0 unspecified atom stereocenters. The zero-order valence-corrected chi connectivity index (χ0v) is 9.44. The van der Waals surface area contributed by atoms with Crippen molar-refractivity contribution in [3.63, 3.8) is 0 Å². The van der Waals surface area contributed by atoms with E-state index in [2.05, 4.69) is 15.9 Å². The summed E-state index contributed by atoms with van der Waals surface area (Å²) in [4.78, 5) is 10.2. The zero-order valence-electron chi connectivity index (χ0n) is 7.85. The number of benzene rings is 1. The molecule has 0 aliphatic rings. The number of nitro benzene ring substituents is 1. The van der Waals surface area contributed by atoms with Gasteiger partial charge in [0.05, 0.1) is 11.5 Å². The molecule has 0 aliphatic heterocycles. The maximum absolute atomic E-state index is 10.7. The summed E-state index contributed by atoms with van der Waals surface area (Å²) in [5.41, 5.74) is -0.0812. The molecule has 1 rings (SSSR count). The number of aliphatic hydroxyl groups is 1. The van der Waals surface area contributed by atoms with Crippen LogP contribution in [0.2, 0.25) is 0 Å².